The summed E-state index contributed by atoms with van der Waals surface area (Å²) in [6, 6.07) is 0. The van der Waals surface area contributed by atoms with Gasteiger partial charge in [0.15, 0.2) is 0 Å². The van der Waals surface area contributed by atoms with Crippen LogP contribution in [0.15, 0.2) is 0 Å². The molecular weight excluding hydrogens is 224 g/mol. The SMILES string of the molecule is C1CCN(SCSN2CCCCC2)CC1. The van der Waals surface area contributed by atoms with Crippen LogP contribution in [-0.2, 0) is 0 Å². The molecule has 0 unspecified atom stereocenters. The van der Waals surface area contributed by atoms with E-state index in [9.17, 15) is 0 Å². The molecule has 2 saturated heterocycles. The maximum atomic E-state index is 2.56. The molecule has 0 saturated carbocycles. The van der Waals surface area contributed by atoms with Crippen LogP contribution in [0.1, 0.15) is 38.5 Å². The molecule has 2 rings (SSSR count). The molecule has 2 aliphatic heterocycles. The van der Waals surface area contributed by atoms with E-state index in [2.05, 4.69) is 8.61 Å². The van der Waals surface area contributed by atoms with Gasteiger partial charge in [-0.05, 0) is 25.7 Å². The van der Waals surface area contributed by atoms with E-state index in [1.807, 2.05) is 23.9 Å². The van der Waals surface area contributed by atoms with Crippen LogP contribution in [-0.4, -0.2) is 39.9 Å². The average molecular weight is 246 g/mol. The van der Waals surface area contributed by atoms with Crippen molar-refractivity contribution >= 4 is 23.9 Å². The number of hydrogen-bond donors (Lipinski definition) is 0. The summed E-state index contributed by atoms with van der Waals surface area (Å²) in [6.45, 7) is 5.24. The predicted molar refractivity (Wildman–Crippen MR) is 70.9 cm³/mol. The highest BCUT2D eigenvalue weighted by Crippen LogP contribution is 2.25. The molecule has 0 aromatic carbocycles. The molecule has 0 aliphatic carbocycles. The second-order valence-corrected chi connectivity index (χ2v) is 6.85. The van der Waals surface area contributed by atoms with E-state index in [1.54, 1.807) is 0 Å². The van der Waals surface area contributed by atoms with E-state index >= 15 is 0 Å². The summed E-state index contributed by atoms with van der Waals surface area (Å²) in [4.78, 5) is 0. The first kappa shape index (κ1) is 12.1. The van der Waals surface area contributed by atoms with Gasteiger partial charge in [0.1, 0.15) is 0 Å². The third-order valence-corrected chi connectivity index (χ3v) is 5.40. The number of hydrogen-bond acceptors (Lipinski definition) is 4. The zero-order chi connectivity index (χ0) is 10.3. The van der Waals surface area contributed by atoms with Crippen molar-refractivity contribution in [2.24, 2.45) is 0 Å². The Balaban J connectivity index is 1.53. The molecule has 2 heterocycles. The molecular formula is C11H22N2S2. The molecule has 2 aliphatic rings. The summed E-state index contributed by atoms with van der Waals surface area (Å²) < 4.78 is 5.11. The molecule has 15 heavy (non-hydrogen) atoms. The lowest BCUT2D eigenvalue weighted by atomic mass is 10.2. The second kappa shape index (κ2) is 7.05. The Hall–Kier alpha value is 0.620. The third-order valence-electron chi connectivity index (χ3n) is 3.10. The van der Waals surface area contributed by atoms with Gasteiger partial charge in [-0.2, -0.15) is 0 Å². The Morgan fingerprint density at radius 2 is 1.00 bits per heavy atom. The van der Waals surface area contributed by atoms with Crippen LogP contribution in [0.4, 0.5) is 0 Å². The summed E-state index contributed by atoms with van der Waals surface area (Å²) in [5.41, 5.74) is 0. The van der Waals surface area contributed by atoms with Crippen molar-refractivity contribution in [2.75, 3.05) is 31.3 Å². The van der Waals surface area contributed by atoms with Crippen molar-refractivity contribution in [1.29, 1.82) is 0 Å². The van der Waals surface area contributed by atoms with Crippen LogP contribution in [0.5, 0.6) is 0 Å². The lowest BCUT2D eigenvalue weighted by Gasteiger charge is -2.28. The van der Waals surface area contributed by atoms with Crippen molar-refractivity contribution in [3.05, 3.63) is 0 Å². The van der Waals surface area contributed by atoms with E-state index in [-0.39, 0.29) is 0 Å². The highest BCUT2D eigenvalue weighted by molar-refractivity contribution is 8.13. The van der Waals surface area contributed by atoms with Crippen molar-refractivity contribution in [3.63, 3.8) is 0 Å². The summed E-state index contributed by atoms with van der Waals surface area (Å²) in [5.74, 6) is 0. The highest BCUT2D eigenvalue weighted by atomic mass is 32.2. The van der Waals surface area contributed by atoms with E-state index in [4.69, 9.17) is 0 Å². The summed E-state index contributed by atoms with van der Waals surface area (Å²) in [6.07, 6.45) is 8.50. The number of piperidine rings is 2. The Morgan fingerprint density at radius 3 is 1.40 bits per heavy atom. The van der Waals surface area contributed by atoms with Crippen LogP contribution in [0, 0.1) is 0 Å². The molecule has 0 bridgehead atoms. The Morgan fingerprint density at radius 1 is 0.600 bits per heavy atom. The van der Waals surface area contributed by atoms with E-state index in [0.717, 1.165) is 0 Å². The molecule has 88 valence electrons. The number of rotatable bonds is 4. The van der Waals surface area contributed by atoms with Crippen molar-refractivity contribution in [3.8, 4) is 0 Å². The lowest BCUT2D eigenvalue weighted by Crippen LogP contribution is -2.25. The maximum absolute atomic E-state index is 2.56. The maximum Gasteiger partial charge on any atom is 0.0687 e. The molecule has 0 radical (unpaired) electrons. The van der Waals surface area contributed by atoms with Gasteiger partial charge in [-0.15, -0.1) is 0 Å². The minimum absolute atomic E-state index is 1.22. The van der Waals surface area contributed by atoms with Gasteiger partial charge in [0.05, 0.1) is 5.08 Å². The number of nitrogens with zero attached hydrogens (tertiary/aromatic N) is 2. The third kappa shape index (κ3) is 4.55. The highest BCUT2D eigenvalue weighted by Gasteiger charge is 2.13. The topological polar surface area (TPSA) is 6.48 Å². The first-order valence-corrected chi connectivity index (χ1v) is 8.09. The molecule has 0 N–H and O–H groups in total. The first-order valence-electron chi connectivity index (χ1n) is 6.21. The van der Waals surface area contributed by atoms with Gasteiger partial charge in [-0.3, -0.25) is 0 Å². The van der Waals surface area contributed by atoms with Crippen molar-refractivity contribution in [1.82, 2.24) is 8.61 Å². The predicted octanol–water partition coefficient (Wildman–Crippen LogP) is 3.21. The van der Waals surface area contributed by atoms with Gasteiger partial charge in [0, 0.05) is 26.2 Å². The summed E-state index contributed by atoms with van der Waals surface area (Å²) >= 11 is 4.09. The molecule has 0 aromatic rings. The zero-order valence-corrected chi connectivity index (χ0v) is 11.1. The molecule has 0 atom stereocenters. The minimum Gasteiger partial charge on any atom is -0.250 e. The molecule has 4 heteroatoms. The van der Waals surface area contributed by atoms with Crippen LogP contribution in [0.2, 0.25) is 0 Å². The van der Waals surface area contributed by atoms with Crippen LogP contribution < -0.4 is 0 Å². The standard InChI is InChI=1S/C11H22N2S2/c1-3-7-12(8-4-1)14-11-15-13-9-5-2-6-10-13/h1-11H2. The Bertz CT molecular complexity index is 148. The Kier molecular flexibility index (Phi) is 5.68. The fraction of sp³-hybridized carbons (Fsp3) is 1.00. The van der Waals surface area contributed by atoms with Crippen LogP contribution in [0.25, 0.3) is 0 Å². The van der Waals surface area contributed by atoms with E-state index < -0.39 is 0 Å². The normalized spacial score (nSPS) is 25.6. The summed E-state index contributed by atoms with van der Waals surface area (Å²) in [5, 5.41) is 1.22. The first-order chi connectivity index (χ1) is 7.45. The van der Waals surface area contributed by atoms with E-state index in [1.165, 1.54) is 69.8 Å². The fourth-order valence-electron chi connectivity index (χ4n) is 2.16. The smallest absolute Gasteiger partial charge is 0.0687 e. The minimum atomic E-state index is 1.22. The van der Waals surface area contributed by atoms with Gasteiger partial charge >= 0.3 is 0 Å². The van der Waals surface area contributed by atoms with Crippen LogP contribution in [0.3, 0.4) is 0 Å². The molecule has 0 spiro atoms. The van der Waals surface area contributed by atoms with Gasteiger partial charge in [-0.25, -0.2) is 8.61 Å². The Labute approximate surface area is 102 Å². The average Bonchev–Trinajstić information content (AvgIpc) is 2.32. The quantitative estimate of drug-likeness (QED) is 0.555. The van der Waals surface area contributed by atoms with Gasteiger partial charge < -0.3 is 0 Å². The van der Waals surface area contributed by atoms with Gasteiger partial charge in [0.25, 0.3) is 0 Å². The molecule has 2 nitrogen and oxygen atoms in total. The van der Waals surface area contributed by atoms with Crippen molar-refractivity contribution < 1.29 is 0 Å². The molecule has 2 fully saturated rings. The van der Waals surface area contributed by atoms with E-state index in [0.29, 0.717) is 0 Å². The lowest BCUT2D eigenvalue weighted by molar-refractivity contribution is 0.378. The fourth-order valence-corrected chi connectivity index (χ4v) is 4.57. The summed E-state index contributed by atoms with van der Waals surface area (Å²) in [7, 11) is 0. The molecule has 0 amide bonds. The second-order valence-electron chi connectivity index (χ2n) is 4.36. The monoisotopic (exact) mass is 246 g/mol. The largest absolute Gasteiger partial charge is 0.250 e. The van der Waals surface area contributed by atoms with Gasteiger partial charge in [-0.1, -0.05) is 36.7 Å². The van der Waals surface area contributed by atoms with Gasteiger partial charge in [0.2, 0.25) is 0 Å². The van der Waals surface area contributed by atoms with Crippen molar-refractivity contribution in [2.45, 2.75) is 38.5 Å². The van der Waals surface area contributed by atoms with Crippen LogP contribution >= 0.6 is 23.9 Å². The zero-order valence-electron chi connectivity index (χ0n) is 9.49. The molecule has 0 aromatic heterocycles.